The zero-order valence-corrected chi connectivity index (χ0v) is 12.6. The minimum absolute atomic E-state index is 0.241. The molecule has 0 saturated carbocycles. The highest BCUT2D eigenvalue weighted by Crippen LogP contribution is 2.36. The third-order valence-corrected chi connectivity index (χ3v) is 4.04. The van der Waals surface area contributed by atoms with E-state index >= 15 is 0 Å². The van der Waals surface area contributed by atoms with Crippen LogP contribution in [0.5, 0.6) is 0 Å². The number of nitrogens with zero attached hydrogens (tertiary/aromatic N) is 4. The quantitative estimate of drug-likeness (QED) is 0.621. The molecule has 2 aromatic heterocycles. The lowest BCUT2D eigenvalue weighted by Gasteiger charge is -2.20. The number of hydrogen-bond acceptors (Lipinski definition) is 8. The van der Waals surface area contributed by atoms with Crippen molar-refractivity contribution in [2.75, 3.05) is 19.5 Å². The number of hydrogen-bond donors (Lipinski definition) is 3. The van der Waals surface area contributed by atoms with Crippen molar-refractivity contribution in [1.29, 1.82) is 0 Å². The van der Waals surface area contributed by atoms with E-state index in [9.17, 15) is 10.2 Å². The van der Waals surface area contributed by atoms with Crippen molar-refractivity contribution in [2.24, 2.45) is 0 Å². The largest absolute Gasteiger partial charge is 0.394 e. The molecule has 4 N–H and O–H groups in total. The van der Waals surface area contributed by atoms with Gasteiger partial charge in [0.1, 0.15) is 24.6 Å². The van der Waals surface area contributed by atoms with E-state index in [0.717, 1.165) is 0 Å². The Morgan fingerprint density at radius 3 is 2.95 bits per heavy atom. The summed E-state index contributed by atoms with van der Waals surface area (Å²) in [6.07, 6.45) is -1.76. The van der Waals surface area contributed by atoms with Gasteiger partial charge in [-0.15, -0.1) is 0 Å². The second kappa shape index (κ2) is 5.46. The monoisotopic (exact) mass is 359 g/mol. The fraction of sp³-hybridized carbons (Fsp3) is 0.545. The Hall–Kier alpha value is -1.33. The number of aliphatic hydroxyl groups is 2. The number of aromatic nitrogens is 4. The van der Waals surface area contributed by atoms with Gasteiger partial charge in [-0.3, -0.25) is 4.57 Å². The van der Waals surface area contributed by atoms with Gasteiger partial charge in [-0.25, -0.2) is 15.0 Å². The van der Waals surface area contributed by atoms with Gasteiger partial charge in [0.05, 0.1) is 6.61 Å². The zero-order valence-electron chi connectivity index (χ0n) is 11.0. The van der Waals surface area contributed by atoms with Crippen molar-refractivity contribution in [3.05, 3.63) is 11.1 Å². The molecular weight excluding hydrogens is 346 g/mol. The van der Waals surface area contributed by atoms with Gasteiger partial charge in [0.25, 0.3) is 0 Å². The van der Waals surface area contributed by atoms with E-state index in [1.165, 1.54) is 13.4 Å². The molecule has 1 saturated heterocycles. The van der Waals surface area contributed by atoms with Crippen molar-refractivity contribution in [3.63, 3.8) is 0 Å². The second-order valence-electron chi connectivity index (χ2n) is 4.62. The SMILES string of the molecule is CO[C@@H]1[C@H](O)[C@@H](CO)O[C@H]1n1c(Br)nc2c(N)ncnc21. The predicted molar refractivity (Wildman–Crippen MR) is 75.2 cm³/mol. The van der Waals surface area contributed by atoms with Crippen LogP contribution < -0.4 is 5.73 Å². The summed E-state index contributed by atoms with van der Waals surface area (Å²) in [5.74, 6) is 0.241. The molecule has 2 aromatic rings. The minimum atomic E-state index is -0.964. The summed E-state index contributed by atoms with van der Waals surface area (Å²) >= 11 is 3.32. The van der Waals surface area contributed by atoms with E-state index in [-0.39, 0.29) is 12.4 Å². The van der Waals surface area contributed by atoms with Crippen LogP contribution in [0.25, 0.3) is 11.2 Å². The number of nitrogen functional groups attached to an aromatic ring is 1. The Balaban J connectivity index is 2.12. The number of aliphatic hydroxyl groups excluding tert-OH is 2. The molecule has 3 rings (SSSR count). The summed E-state index contributed by atoms with van der Waals surface area (Å²) in [6.45, 7) is -0.321. The van der Waals surface area contributed by atoms with Crippen LogP contribution in [0.2, 0.25) is 0 Å². The van der Waals surface area contributed by atoms with E-state index in [4.69, 9.17) is 15.2 Å². The minimum Gasteiger partial charge on any atom is -0.394 e. The average Bonchev–Trinajstić information content (AvgIpc) is 2.96. The number of rotatable bonds is 3. The van der Waals surface area contributed by atoms with E-state index < -0.39 is 24.5 Å². The maximum Gasteiger partial charge on any atom is 0.181 e. The molecule has 10 heteroatoms. The van der Waals surface area contributed by atoms with Crippen LogP contribution in [0, 0.1) is 0 Å². The molecule has 9 nitrogen and oxygen atoms in total. The number of nitrogens with two attached hydrogens (primary N) is 1. The Morgan fingerprint density at radius 1 is 1.52 bits per heavy atom. The van der Waals surface area contributed by atoms with Crippen molar-refractivity contribution in [1.82, 2.24) is 19.5 Å². The van der Waals surface area contributed by atoms with Gasteiger partial charge in [0.15, 0.2) is 27.9 Å². The van der Waals surface area contributed by atoms with Crippen LogP contribution >= 0.6 is 15.9 Å². The molecular formula is C11H14BrN5O4. The van der Waals surface area contributed by atoms with E-state index in [1.807, 2.05) is 0 Å². The van der Waals surface area contributed by atoms with Gasteiger partial charge < -0.3 is 25.4 Å². The Kier molecular flexibility index (Phi) is 3.80. The molecule has 0 radical (unpaired) electrons. The first-order valence-corrected chi connectivity index (χ1v) is 6.98. The number of ether oxygens (including phenoxy) is 2. The lowest BCUT2D eigenvalue weighted by atomic mass is 10.1. The third kappa shape index (κ3) is 2.19. The van der Waals surface area contributed by atoms with Crippen molar-refractivity contribution in [3.8, 4) is 0 Å². The van der Waals surface area contributed by atoms with Gasteiger partial charge >= 0.3 is 0 Å². The number of anilines is 1. The standard InChI is InChI=1S/C11H14BrN5O4/c1-20-7-6(19)4(2-18)21-10(7)17-9-5(16-11(17)12)8(13)14-3-15-9/h3-4,6-7,10,18-19H,2H2,1H3,(H2,13,14,15)/t4-,6-,7-,10-/m1/s1. The maximum absolute atomic E-state index is 10.1. The molecule has 0 aliphatic carbocycles. The topological polar surface area (TPSA) is 129 Å². The highest BCUT2D eigenvalue weighted by molar-refractivity contribution is 9.10. The molecule has 4 atom stereocenters. The lowest BCUT2D eigenvalue weighted by Crippen LogP contribution is -2.34. The predicted octanol–water partition coefficient (Wildman–Crippen LogP) is -0.563. The normalized spacial score (nSPS) is 29.3. The van der Waals surface area contributed by atoms with E-state index in [2.05, 4.69) is 30.9 Å². The first-order valence-electron chi connectivity index (χ1n) is 6.19. The molecule has 0 bridgehead atoms. The summed E-state index contributed by atoms with van der Waals surface area (Å²) in [5.41, 5.74) is 6.65. The number of fused-ring (bicyclic) bond motifs is 1. The molecule has 1 fully saturated rings. The van der Waals surface area contributed by atoms with Crippen LogP contribution in [0.3, 0.4) is 0 Å². The number of halogens is 1. The lowest BCUT2D eigenvalue weighted by molar-refractivity contribution is -0.0594. The fourth-order valence-corrected chi connectivity index (χ4v) is 3.00. The Bertz CT molecular complexity index is 665. The summed E-state index contributed by atoms with van der Waals surface area (Å²) < 4.78 is 13.0. The first kappa shape index (κ1) is 14.6. The van der Waals surface area contributed by atoms with E-state index in [1.54, 1.807) is 4.57 Å². The zero-order chi connectivity index (χ0) is 15.1. The average molecular weight is 360 g/mol. The van der Waals surface area contributed by atoms with Gasteiger partial charge in [0.2, 0.25) is 0 Å². The van der Waals surface area contributed by atoms with Gasteiger partial charge in [-0.1, -0.05) is 0 Å². The number of methoxy groups -OCH3 is 1. The van der Waals surface area contributed by atoms with Crippen LogP contribution in [0.4, 0.5) is 5.82 Å². The van der Waals surface area contributed by atoms with Crippen molar-refractivity contribution >= 4 is 32.9 Å². The second-order valence-corrected chi connectivity index (χ2v) is 5.33. The summed E-state index contributed by atoms with van der Waals surface area (Å²) in [5, 5.41) is 19.4. The molecule has 1 aliphatic rings. The molecule has 0 aromatic carbocycles. The van der Waals surface area contributed by atoms with Crippen LogP contribution in [0.1, 0.15) is 6.23 Å². The Morgan fingerprint density at radius 2 is 2.29 bits per heavy atom. The highest BCUT2D eigenvalue weighted by atomic mass is 79.9. The smallest absolute Gasteiger partial charge is 0.181 e. The molecule has 0 amide bonds. The van der Waals surface area contributed by atoms with Crippen LogP contribution in [-0.2, 0) is 9.47 Å². The molecule has 0 unspecified atom stereocenters. The fourth-order valence-electron chi connectivity index (χ4n) is 2.46. The van der Waals surface area contributed by atoms with Crippen LogP contribution in [0.15, 0.2) is 11.1 Å². The molecule has 0 spiro atoms. The van der Waals surface area contributed by atoms with Crippen molar-refractivity contribution in [2.45, 2.75) is 24.5 Å². The molecule has 3 heterocycles. The highest BCUT2D eigenvalue weighted by Gasteiger charge is 2.46. The molecule has 1 aliphatic heterocycles. The van der Waals surface area contributed by atoms with Crippen molar-refractivity contribution < 1.29 is 19.7 Å². The van der Waals surface area contributed by atoms with Gasteiger partial charge in [-0.2, -0.15) is 0 Å². The van der Waals surface area contributed by atoms with Gasteiger partial charge in [-0.05, 0) is 15.9 Å². The molecule has 21 heavy (non-hydrogen) atoms. The number of imidazole rings is 1. The van der Waals surface area contributed by atoms with Gasteiger partial charge in [0, 0.05) is 7.11 Å². The Labute approximate surface area is 127 Å². The first-order chi connectivity index (χ1) is 10.1. The molecule has 114 valence electrons. The summed E-state index contributed by atoms with van der Waals surface area (Å²) in [7, 11) is 1.46. The maximum atomic E-state index is 10.1. The third-order valence-electron chi connectivity index (χ3n) is 3.48. The van der Waals surface area contributed by atoms with Crippen LogP contribution in [-0.4, -0.2) is 61.8 Å². The van der Waals surface area contributed by atoms with E-state index in [0.29, 0.717) is 15.9 Å². The summed E-state index contributed by atoms with van der Waals surface area (Å²) in [4.78, 5) is 12.3. The summed E-state index contributed by atoms with van der Waals surface area (Å²) in [6, 6.07) is 0.